The van der Waals surface area contributed by atoms with Gasteiger partial charge in [-0.25, -0.2) is 12.8 Å². The van der Waals surface area contributed by atoms with E-state index in [1.165, 1.54) is 54.8 Å². The fourth-order valence-corrected chi connectivity index (χ4v) is 4.70. The Bertz CT molecular complexity index is 1080. The van der Waals surface area contributed by atoms with Crippen LogP contribution in [-0.2, 0) is 10.0 Å². The topological polar surface area (TPSA) is 98.5 Å². The third-order valence-corrected chi connectivity index (χ3v) is 6.32. The van der Waals surface area contributed by atoms with E-state index in [4.69, 9.17) is 4.74 Å². The lowest BCUT2D eigenvalue weighted by atomic mass is 10.1. The van der Waals surface area contributed by atoms with Crippen LogP contribution >= 0.6 is 11.3 Å². The quantitative estimate of drug-likeness (QED) is 0.460. The van der Waals surface area contributed by atoms with Gasteiger partial charge in [0.05, 0.1) is 23.0 Å². The first-order valence-electron chi connectivity index (χ1n) is 7.95. The van der Waals surface area contributed by atoms with Crippen LogP contribution in [0.2, 0.25) is 0 Å². The van der Waals surface area contributed by atoms with Gasteiger partial charge in [0.1, 0.15) is 5.82 Å². The standard InChI is InChI=1S/C18H15FN2O5S2/c1-26-16-9-8-14(11-15(16)21(22)23)28(24,25)20-18(17-3-2-10-27-17)12-4-6-13(19)7-5-12/h2-11,18,20H,1H3/t18-/m1/s1. The van der Waals surface area contributed by atoms with Gasteiger partial charge in [0, 0.05) is 10.9 Å². The van der Waals surface area contributed by atoms with E-state index in [0.717, 1.165) is 6.07 Å². The monoisotopic (exact) mass is 422 g/mol. The molecule has 146 valence electrons. The average molecular weight is 422 g/mol. The summed E-state index contributed by atoms with van der Waals surface area (Å²) in [5.41, 5.74) is 0.0790. The fourth-order valence-electron chi connectivity index (χ4n) is 2.60. The van der Waals surface area contributed by atoms with Crippen LogP contribution in [0.15, 0.2) is 64.9 Å². The number of ether oxygens (including phenoxy) is 1. The van der Waals surface area contributed by atoms with Gasteiger partial charge in [-0.1, -0.05) is 18.2 Å². The van der Waals surface area contributed by atoms with E-state index < -0.39 is 32.5 Å². The Morgan fingerprint density at radius 1 is 1.18 bits per heavy atom. The van der Waals surface area contributed by atoms with Gasteiger partial charge in [0.2, 0.25) is 10.0 Å². The van der Waals surface area contributed by atoms with Gasteiger partial charge < -0.3 is 4.74 Å². The van der Waals surface area contributed by atoms with Gasteiger partial charge in [-0.2, -0.15) is 4.72 Å². The van der Waals surface area contributed by atoms with Crippen molar-refractivity contribution in [3.8, 4) is 5.75 Å². The second-order valence-electron chi connectivity index (χ2n) is 5.71. The lowest BCUT2D eigenvalue weighted by Crippen LogP contribution is -2.29. The second-order valence-corrected chi connectivity index (χ2v) is 8.41. The van der Waals surface area contributed by atoms with Crippen LogP contribution in [0.5, 0.6) is 5.75 Å². The summed E-state index contributed by atoms with van der Waals surface area (Å²) in [5.74, 6) is -0.486. The Labute approximate surface area is 164 Å². The van der Waals surface area contributed by atoms with Crippen molar-refractivity contribution in [1.82, 2.24) is 4.72 Å². The lowest BCUT2D eigenvalue weighted by molar-refractivity contribution is -0.386. The number of benzene rings is 2. The van der Waals surface area contributed by atoms with Crippen molar-refractivity contribution in [1.29, 1.82) is 0 Å². The normalized spacial score (nSPS) is 12.5. The molecular formula is C18H15FN2O5S2. The third kappa shape index (κ3) is 4.19. The molecule has 28 heavy (non-hydrogen) atoms. The minimum atomic E-state index is -4.12. The van der Waals surface area contributed by atoms with Crippen molar-refractivity contribution in [3.63, 3.8) is 0 Å². The van der Waals surface area contributed by atoms with Crippen molar-refractivity contribution in [2.75, 3.05) is 7.11 Å². The van der Waals surface area contributed by atoms with Crippen LogP contribution in [-0.4, -0.2) is 20.5 Å². The van der Waals surface area contributed by atoms with Gasteiger partial charge in [0.25, 0.3) is 0 Å². The smallest absolute Gasteiger partial charge is 0.312 e. The number of hydrogen-bond acceptors (Lipinski definition) is 6. The number of nitrogens with zero attached hydrogens (tertiary/aromatic N) is 1. The first kappa shape index (κ1) is 19.9. The zero-order valence-corrected chi connectivity index (χ0v) is 16.2. The molecule has 0 radical (unpaired) electrons. The van der Waals surface area contributed by atoms with Crippen LogP contribution in [0.1, 0.15) is 16.5 Å². The summed E-state index contributed by atoms with van der Waals surface area (Å²) in [7, 11) is -2.86. The highest BCUT2D eigenvalue weighted by molar-refractivity contribution is 7.89. The summed E-state index contributed by atoms with van der Waals surface area (Å²) >= 11 is 1.33. The van der Waals surface area contributed by atoms with Crippen molar-refractivity contribution in [3.05, 3.63) is 86.3 Å². The Balaban J connectivity index is 2.01. The highest BCUT2D eigenvalue weighted by atomic mass is 32.2. The molecule has 2 aromatic carbocycles. The zero-order valence-electron chi connectivity index (χ0n) is 14.5. The largest absolute Gasteiger partial charge is 0.490 e. The Morgan fingerprint density at radius 2 is 1.89 bits per heavy atom. The molecule has 7 nitrogen and oxygen atoms in total. The average Bonchev–Trinajstić information content (AvgIpc) is 3.21. The summed E-state index contributed by atoms with van der Waals surface area (Å²) in [4.78, 5) is 10.9. The maximum Gasteiger partial charge on any atom is 0.312 e. The number of nitro groups is 1. The number of hydrogen-bond donors (Lipinski definition) is 1. The van der Waals surface area contributed by atoms with Crippen molar-refractivity contribution < 1.29 is 22.5 Å². The van der Waals surface area contributed by atoms with Crippen LogP contribution < -0.4 is 9.46 Å². The molecule has 1 N–H and O–H groups in total. The molecule has 3 aromatic rings. The number of halogens is 1. The van der Waals surface area contributed by atoms with Crippen molar-refractivity contribution in [2.24, 2.45) is 0 Å². The fraction of sp³-hybridized carbons (Fsp3) is 0.111. The molecule has 0 aliphatic rings. The number of nitrogens with one attached hydrogen (secondary N) is 1. The van der Waals surface area contributed by atoms with Gasteiger partial charge >= 0.3 is 5.69 Å². The molecular weight excluding hydrogens is 407 g/mol. The maximum atomic E-state index is 13.3. The van der Waals surface area contributed by atoms with Crippen molar-refractivity contribution in [2.45, 2.75) is 10.9 Å². The molecule has 0 bridgehead atoms. The summed E-state index contributed by atoms with van der Waals surface area (Å²) in [6.07, 6.45) is 0. The Hall–Kier alpha value is -2.82. The number of thiophene rings is 1. The van der Waals surface area contributed by atoms with Crippen LogP contribution in [0.3, 0.4) is 0 Å². The molecule has 0 saturated carbocycles. The van der Waals surface area contributed by atoms with Gasteiger partial charge in [-0.05, 0) is 41.3 Å². The summed E-state index contributed by atoms with van der Waals surface area (Å²) in [5, 5.41) is 13.0. The van der Waals surface area contributed by atoms with E-state index in [-0.39, 0.29) is 10.6 Å². The first-order chi connectivity index (χ1) is 13.3. The maximum absolute atomic E-state index is 13.3. The SMILES string of the molecule is COc1ccc(S(=O)(=O)N[C@H](c2ccc(F)cc2)c2cccs2)cc1[N+](=O)[O-]. The first-order valence-corrected chi connectivity index (χ1v) is 10.3. The van der Waals surface area contributed by atoms with E-state index in [1.54, 1.807) is 17.5 Å². The summed E-state index contributed by atoms with van der Waals surface area (Å²) in [6.45, 7) is 0. The predicted molar refractivity (Wildman–Crippen MR) is 103 cm³/mol. The molecule has 0 saturated heterocycles. The van der Waals surface area contributed by atoms with E-state index in [2.05, 4.69) is 4.72 Å². The molecule has 0 spiro atoms. The van der Waals surface area contributed by atoms with E-state index >= 15 is 0 Å². The molecule has 10 heteroatoms. The minimum Gasteiger partial charge on any atom is -0.490 e. The van der Waals surface area contributed by atoms with Crippen LogP contribution in [0, 0.1) is 15.9 Å². The summed E-state index contributed by atoms with van der Waals surface area (Å²) < 4.78 is 46.5. The number of nitro benzene ring substituents is 1. The molecule has 1 heterocycles. The molecule has 1 atom stereocenters. The minimum absolute atomic E-state index is 0.0442. The van der Waals surface area contributed by atoms with E-state index in [1.807, 2.05) is 0 Å². The zero-order chi connectivity index (χ0) is 20.3. The molecule has 0 fully saturated rings. The molecule has 0 amide bonds. The van der Waals surface area contributed by atoms with Crippen molar-refractivity contribution >= 4 is 27.0 Å². The van der Waals surface area contributed by atoms with E-state index in [9.17, 15) is 22.9 Å². The Morgan fingerprint density at radius 3 is 2.46 bits per heavy atom. The third-order valence-electron chi connectivity index (χ3n) is 3.96. The highest BCUT2D eigenvalue weighted by Gasteiger charge is 2.26. The number of methoxy groups -OCH3 is 1. The second kappa shape index (κ2) is 8.05. The number of rotatable bonds is 7. The molecule has 0 unspecified atom stereocenters. The van der Waals surface area contributed by atoms with Crippen LogP contribution in [0.25, 0.3) is 0 Å². The van der Waals surface area contributed by atoms with Gasteiger partial charge in [-0.15, -0.1) is 11.3 Å². The lowest BCUT2D eigenvalue weighted by Gasteiger charge is -2.18. The van der Waals surface area contributed by atoms with E-state index in [0.29, 0.717) is 10.4 Å². The van der Waals surface area contributed by atoms with Gasteiger partial charge in [-0.3, -0.25) is 10.1 Å². The Kier molecular flexibility index (Phi) is 5.73. The van der Waals surface area contributed by atoms with Gasteiger partial charge in [0.15, 0.2) is 5.75 Å². The van der Waals surface area contributed by atoms with Crippen LogP contribution in [0.4, 0.5) is 10.1 Å². The number of sulfonamides is 1. The highest BCUT2D eigenvalue weighted by Crippen LogP contribution is 2.32. The molecule has 1 aromatic heterocycles. The molecule has 3 rings (SSSR count). The molecule has 0 aliphatic heterocycles. The predicted octanol–water partition coefficient (Wildman–Crippen LogP) is 3.87. The summed E-state index contributed by atoms with van der Waals surface area (Å²) in [6, 6.07) is 11.6. The molecule has 0 aliphatic carbocycles.